The van der Waals surface area contributed by atoms with Crippen LogP contribution in [0.3, 0.4) is 0 Å². The Balaban J connectivity index is 1.64. The van der Waals surface area contributed by atoms with E-state index in [4.69, 9.17) is 85.3 Å². The Morgan fingerprint density at radius 2 is 0.614 bits per heavy atom. The van der Waals surface area contributed by atoms with Gasteiger partial charge >= 0.3 is 5.97 Å². The first-order chi connectivity index (χ1) is 34.8. The third-order valence-corrected chi connectivity index (χ3v) is 9.52. The summed E-state index contributed by atoms with van der Waals surface area (Å²) >= 11 is 0. The summed E-state index contributed by atoms with van der Waals surface area (Å²) < 4.78 is 98.3. The Labute approximate surface area is 419 Å². The first kappa shape index (κ1) is 65.6. The van der Waals surface area contributed by atoms with Crippen LogP contribution in [-0.4, -0.2) is 224 Å². The van der Waals surface area contributed by atoms with Crippen molar-refractivity contribution < 1.29 is 90.1 Å². The standard InChI is InChI=1S/C51H92O19/c1-3-5-6-7-8-9-10-11-49-12-14-50(15-13-49)70-48-68-45-44-66-41-40-64-37-36-62-33-32-60-29-28-58-25-24-56-21-20-54-17-16-53-18-19-55-22-23-57-26-27-59-30-31-61-34-35-63-38-39-65-42-43-67-46-47-69-51(52)4-2/h4,12-15H,2-3,5-11,16-48H2,1H3. The van der Waals surface area contributed by atoms with E-state index in [2.05, 4.69) is 25.6 Å². The molecule has 0 unspecified atom stereocenters. The minimum atomic E-state index is -0.463. The van der Waals surface area contributed by atoms with Crippen molar-refractivity contribution in [2.24, 2.45) is 0 Å². The smallest absolute Gasteiger partial charge is 0.330 e. The average molecular weight is 1010 g/mol. The molecule has 0 spiro atoms. The van der Waals surface area contributed by atoms with E-state index >= 15 is 0 Å². The van der Waals surface area contributed by atoms with Gasteiger partial charge in [0.25, 0.3) is 0 Å². The number of carbonyl (C=O) groups excluding carboxylic acids is 1. The van der Waals surface area contributed by atoms with Gasteiger partial charge in [-0.2, -0.15) is 0 Å². The maximum atomic E-state index is 10.9. The number of aryl methyl sites for hydroxylation is 1. The van der Waals surface area contributed by atoms with E-state index in [0.717, 1.165) is 18.2 Å². The maximum absolute atomic E-state index is 10.9. The van der Waals surface area contributed by atoms with Gasteiger partial charge < -0.3 is 85.3 Å². The summed E-state index contributed by atoms with van der Waals surface area (Å²) in [5.74, 6) is 0.356. The second-order valence-corrected chi connectivity index (χ2v) is 15.2. The second kappa shape index (κ2) is 57.5. The highest BCUT2D eigenvalue weighted by Crippen LogP contribution is 2.15. The zero-order chi connectivity index (χ0) is 50.0. The fraction of sp³-hybridized carbons (Fsp3) is 0.824. The summed E-state index contributed by atoms with van der Waals surface area (Å²) in [7, 11) is 0. The fourth-order valence-corrected chi connectivity index (χ4v) is 5.77. The van der Waals surface area contributed by atoms with Crippen molar-refractivity contribution in [2.75, 3.05) is 218 Å². The molecule has 410 valence electrons. The highest BCUT2D eigenvalue weighted by atomic mass is 16.7. The summed E-state index contributed by atoms with van der Waals surface area (Å²) in [6.45, 7) is 20.8. The molecule has 0 saturated heterocycles. The van der Waals surface area contributed by atoms with Crippen molar-refractivity contribution in [2.45, 2.75) is 58.3 Å². The lowest BCUT2D eigenvalue weighted by Crippen LogP contribution is -2.16. The molecule has 70 heavy (non-hydrogen) atoms. The van der Waals surface area contributed by atoms with Crippen molar-refractivity contribution in [3.63, 3.8) is 0 Å². The Hall–Kier alpha value is -2.41. The first-order valence-electron chi connectivity index (χ1n) is 25.5. The Morgan fingerprint density at radius 1 is 0.357 bits per heavy atom. The van der Waals surface area contributed by atoms with E-state index in [1.165, 1.54) is 50.5 Å². The van der Waals surface area contributed by atoms with Gasteiger partial charge in [0, 0.05) is 6.08 Å². The number of rotatable bonds is 60. The predicted octanol–water partition coefficient (Wildman–Crippen LogP) is 5.31. The molecule has 1 aromatic rings. The van der Waals surface area contributed by atoms with Gasteiger partial charge in [0.2, 0.25) is 0 Å². The quantitative estimate of drug-likeness (QED) is 0.0354. The van der Waals surface area contributed by atoms with Crippen molar-refractivity contribution in [1.29, 1.82) is 0 Å². The van der Waals surface area contributed by atoms with Gasteiger partial charge in [-0.3, -0.25) is 0 Å². The number of unbranched alkanes of at least 4 members (excludes halogenated alkanes) is 6. The van der Waals surface area contributed by atoms with Gasteiger partial charge in [-0.1, -0.05) is 64.2 Å². The highest BCUT2D eigenvalue weighted by molar-refractivity contribution is 5.81. The zero-order valence-corrected chi connectivity index (χ0v) is 42.8. The van der Waals surface area contributed by atoms with Crippen molar-refractivity contribution in [3.05, 3.63) is 42.5 Å². The topological polar surface area (TPSA) is 183 Å². The molecule has 0 fully saturated rings. The fourth-order valence-electron chi connectivity index (χ4n) is 5.77. The minimum Gasteiger partial charge on any atom is -0.468 e. The van der Waals surface area contributed by atoms with Crippen LogP contribution in [0.15, 0.2) is 36.9 Å². The number of benzene rings is 1. The zero-order valence-electron chi connectivity index (χ0n) is 42.8. The van der Waals surface area contributed by atoms with Crippen molar-refractivity contribution in [1.82, 2.24) is 0 Å². The van der Waals surface area contributed by atoms with Gasteiger partial charge in [0.15, 0.2) is 6.79 Å². The second-order valence-electron chi connectivity index (χ2n) is 15.2. The number of hydrogen-bond donors (Lipinski definition) is 0. The van der Waals surface area contributed by atoms with E-state index in [0.29, 0.717) is 205 Å². The monoisotopic (exact) mass is 1010 g/mol. The van der Waals surface area contributed by atoms with Crippen LogP contribution in [0.1, 0.15) is 57.4 Å². The molecule has 19 nitrogen and oxygen atoms in total. The van der Waals surface area contributed by atoms with Gasteiger partial charge in [-0.15, -0.1) is 0 Å². The van der Waals surface area contributed by atoms with E-state index in [1.807, 2.05) is 12.1 Å². The van der Waals surface area contributed by atoms with E-state index in [-0.39, 0.29) is 13.4 Å². The number of ether oxygens (including phenoxy) is 18. The largest absolute Gasteiger partial charge is 0.468 e. The lowest BCUT2D eigenvalue weighted by atomic mass is 10.0. The normalized spacial score (nSPS) is 11.4. The van der Waals surface area contributed by atoms with Crippen LogP contribution in [-0.2, 0) is 91.7 Å². The molecular weight excluding hydrogens is 917 g/mol. The minimum absolute atomic E-state index is 0.193. The van der Waals surface area contributed by atoms with Gasteiger partial charge in [0.1, 0.15) is 12.4 Å². The molecule has 19 heteroatoms. The molecule has 0 heterocycles. The third-order valence-electron chi connectivity index (χ3n) is 9.52. The Morgan fingerprint density at radius 3 is 0.900 bits per heavy atom. The average Bonchev–Trinajstić information content (AvgIpc) is 3.38. The lowest BCUT2D eigenvalue weighted by molar-refractivity contribution is -0.139. The molecule has 0 saturated carbocycles. The van der Waals surface area contributed by atoms with Crippen LogP contribution >= 0.6 is 0 Å². The summed E-state index contributed by atoms with van der Waals surface area (Å²) in [6.07, 6.45) is 11.5. The summed E-state index contributed by atoms with van der Waals surface area (Å²) in [4.78, 5) is 10.9. The maximum Gasteiger partial charge on any atom is 0.330 e. The van der Waals surface area contributed by atoms with Crippen molar-refractivity contribution >= 4 is 5.97 Å². The molecule has 1 rings (SSSR count). The van der Waals surface area contributed by atoms with Crippen LogP contribution in [0.2, 0.25) is 0 Å². The van der Waals surface area contributed by atoms with Crippen LogP contribution in [0.4, 0.5) is 0 Å². The molecule has 0 aliphatic carbocycles. The van der Waals surface area contributed by atoms with Gasteiger partial charge in [-0.05, 0) is 30.5 Å². The molecule has 0 N–H and O–H groups in total. The number of hydrogen-bond acceptors (Lipinski definition) is 19. The summed E-state index contributed by atoms with van der Waals surface area (Å²) in [5.41, 5.74) is 1.36. The van der Waals surface area contributed by atoms with Crippen LogP contribution in [0.25, 0.3) is 0 Å². The highest BCUT2D eigenvalue weighted by Gasteiger charge is 2.01. The number of esters is 1. The summed E-state index contributed by atoms with van der Waals surface area (Å²) in [5, 5.41) is 0. The van der Waals surface area contributed by atoms with Gasteiger partial charge in [0.05, 0.1) is 205 Å². The predicted molar refractivity (Wildman–Crippen MR) is 263 cm³/mol. The van der Waals surface area contributed by atoms with Gasteiger partial charge in [-0.25, -0.2) is 4.79 Å². The van der Waals surface area contributed by atoms with E-state index < -0.39 is 5.97 Å². The molecule has 0 bridgehead atoms. The molecule has 0 radical (unpaired) electrons. The van der Waals surface area contributed by atoms with E-state index in [1.54, 1.807) is 0 Å². The molecule has 1 aromatic carbocycles. The molecule has 0 aliphatic rings. The lowest BCUT2D eigenvalue weighted by Gasteiger charge is -2.09. The molecule has 0 atom stereocenters. The first-order valence-corrected chi connectivity index (χ1v) is 25.5. The van der Waals surface area contributed by atoms with Crippen molar-refractivity contribution in [3.8, 4) is 5.75 Å². The third kappa shape index (κ3) is 51.9. The number of carbonyl (C=O) groups is 1. The van der Waals surface area contributed by atoms with Crippen LogP contribution in [0, 0.1) is 0 Å². The molecular formula is C51H92O19. The van der Waals surface area contributed by atoms with E-state index in [9.17, 15) is 4.79 Å². The van der Waals surface area contributed by atoms with Crippen LogP contribution in [0.5, 0.6) is 5.75 Å². The summed E-state index contributed by atoms with van der Waals surface area (Å²) in [6, 6.07) is 8.32. The molecule has 0 aliphatic heterocycles. The molecule has 0 amide bonds. The Bertz CT molecular complexity index is 1180. The Kier molecular flexibility index (Phi) is 53.9. The molecule has 0 aromatic heterocycles. The SMILES string of the molecule is C=CC(=O)OCCOCCOCCOCCOCCOCCOCCOCCOCCOCCOCCOCCOCCOCCOCCOCCOCOc1ccc(CCCCCCCCC)cc1. The van der Waals surface area contributed by atoms with Crippen LogP contribution < -0.4 is 4.74 Å².